The second kappa shape index (κ2) is 8.71. The van der Waals surface area contributed by atoms with Crippen molar-refractivity contribution in [3.63, 3.8) is 0 Å². The number of carbonyl (C=O) groups is 1. The largest absolute Gasteiger partial charge is 0.320 e. The van der Waals surface area contributed by atoms with Gasteiger partial charge in [0, 0.05) is 20.5 Å². The number of anilines is 1. The topological polar surface area (TPSA) is 63.2 Å². The molecule has 0 fully saturated rings. The molecule has 0 atom stereocenters. The summed E-state index contributed by atoms with van der Waals surface area (Å²) in [6.45, 7) is 1.99. The van der Waals surface area contributed by atoms with Crippen LogP contribution < -0.4 is 5.32 Å². The summed E-state index contributed by atoms with van der Waals surface area (Å²) in [6, 6.07) is 17.3. The van der Waals surface area contributed by atoms with Crippen LogP contribution in [0.2, 0.25) is 10.0 Å². The normalized spacial score (nSPS) is 14.9. The van der Waals surface area contributed by atoms with Crippen molar-refractivity contribution >= 4 is 62.5 Å². The Hall–Kier alpha value is -2.25. The van der Waals surface area contributed by atoms with Gasteiger partial charge in [-0.05, 0) is 48.9 Å². The number of benzene rings is 3. The molecule has 1 heterocycles. The van der Waals surface area contributed by atoms with Gasteiger partial charge >= 0.3 is 0 Å². The minimum absolute atomic E-state index is 0.139. The van der Waals surface area contributed by atoms with E-state index >= 15 is 0 Å². The van der Waals surface area contributed by atoms with Gasteiger partial charge in [0.1, 0.15) is 0 Å². The molecule has 0 aliphatic carbocycles. The average molecular weight is 490 g/mol. The molecule has 1 aliphatic heterocycles. The molecule has 4 nitrogen and oxygen atoms in total. The van der Waals surface area contributed by atoms with E-state index in [4.69, 9.17) is 23.2 Å². The van der Waals surface area contributed by atoms with Crippen LogP contribution in [-0.4, -0.2) is 14.3 Å². The Bertz CT molecular complexity index is 1300. The van der Waals surface area contributed by atoms with Gasteiger partial charge in [-0.1, -0.05) is 70.9 Å². The molecule has 1 aliphatic rings. The monoisotopic (exact) mass is 489 g/mol. The molecule has 1 N–H and O–H groups in total. The van der Waals surface area contributed by atoms with E-state index in [9.17, 15) is 13.2 Å². The molecular formula is C23H17Cl2NO3S2. The maximum Gasteiger partial charge on any atom is 0.262 e. The zero-order chi connectivity index (χ0) is 22.2. The van der Waals surface area contributed by atoms with Gasteiger partial charge in [-0.3, -0.25) is 4.79 Å². The summed E-state index contributed by atoms with van der Waals surface area (Å²) in [5.74, 6) is -0.538. The van der Waals surface area contributed by atoms with Crippen LogP contribution in [0.5, 0.6) is 0 Å². The third kappa shape index (κ3) is 4.83. The van der Waals surface area contributed by atoms with Crippen LogP contribution in [0.1, 0.15) is 16.7 Å². The number of hydrogen-bond acceptors (Lipinski definition) is 4. The number of rotatable bonds is 4. The number of sulfone groups is 1. The highest BCUT2D eigenvalue weighted by Gasteiger charge is 2.25. The van der Waals surface area contributed by atoms with Crippen molar-refractivity contribution in [2.24, 2.45) is 0 Å². The van der Waals surface area contributed by atoms with E-state index in [1.165, 1.54) is 17.8 Å². The molecule has 1 amide bonds. The summed E-state index contributed by atoms with van der Waals surface area (Å²) in [5, 5.41) is 3.43. The summed E-state index contributed by atoms with van der Waals surface area (Å²) in [5.41, 5.74) is 2.96. The Balaban J connectivity index is 1.65. The van der Waals surface area contributed by atoms with E-state index in [2.05, 4.69) is 5.32 Å². The molecule has 0 saturated heterocycles. The SMILES string of the molecule is Cc1ccc(/C=C2\Sc3cc(S(=O)(=O)Cc4c(Cl)cccc4Cl)ccc3NC2=O)cc1. The number of hydrogen-bond donors (Lipinski definition) is 1. The maximum atomic E-state index is 13.0. The lowest BCUT2D eigenvalue weighted by molar-refractivity contribution is -0.112. The summed E-state index contributed by atoms with van der Waals surface area (Å²) >= 11 is 13.5. The lowest BCUT2D eigenvalue weighted by Gasteiger charge is -2.19. The number of halogens is 2. The second-order valence-electron chi connectivity index (χ2n) is 7.09. The average Bonchev–Trinajstić information content (AvgIpc) is 2.73. The van der Waals surface area contributed by atoms with E-state index in [1.807, 2.05) is 31.2 Å². The number of nitrogens with one attached hydrogen (secondary N) is 1. The Labute approximate surface area is 195 Å². The van der Waals surface area contributed by atoms with Crippen molar-refractivity contribution in [1.29, 1.82) is 0 Å². The van der Waals surface area contributed by atoms with Gasteiger partial charge in [0.25, 0.3) is 5.91 Å². The minimum atomic E-state index is -3.70. The van der Waals surface area contributed by atoms with Crippen LogP contribution in [0.3, 0.4) is 0 Å². The first kappa shape index (κ1) is 22.0. The smallest absolute Gasteiger partial charge is 0.262 e. The highest BCUT2D eigenvalue weighted by Crippen LogP contribution is 2.40. The van der Waals surface area contributed by atoms with Crippen molar-refractivity contribution in [3.8, 4) is 0 Å². The maximum absolute atomic E-state index is 13.0. The predicted octanol–water partition coefficient (Wildman–Crippen LogP) is 6.36. The molecule has 0 bridgehead atoms. The zero-order valence-electron chi connectivity index (χ0n) is 16.4. The molecule has 3 aromatic carbocycles. The van der Waals surface area contributed by atoms with Crippen LogP contribution in [0.25, 0.3) is 6.08 Å². The van der Waals surface area contributed by atoms with Gasteiger partial charge in [0.05, 0.1) is 21.2 Å². The molecular weight excluding hydrogens is 473 g/mol. The van der Waals surface area contributed by atoms with Crippen LogP contribution in [0, 0.1) is 6.92 Å². The van der Waals surface area contributed by atoms with Gasteiger partial charge in [-0.25, -0.2) is 8.42 Å². The molecule has 3 aromatic rings. The first-order chi connectivity index (χ1) is 14.7. The lowest BCUT2D eigenvalue weighted by atomic mass is 10.1. The standard InChI is InChI=1S/C23H17Cl2NO3S2/c1-14-5-7-15(8-6-14)11-22-23(27)26-20-10-9-16(12-21(20)30-22)31(28,29)13-17-18(24)3-2-4-19(17)25/h2-12H,13H2,1H3,(H,26,27)/b22-11-. The molecule has 0 unspecified atom stereocenters. The first-order valence-electron chi connectivity index (χ1n) is 9.30. The van der Waals surface area contributed by atoms with E-state index in [0.29, 0.717) is 31.1 Å². The van der Waals surface area contributed by atoms with Crippen molar-refractivity contribution in [2.75, 3.05) is 5.32 Å². The Morgan fingerprint density at radius 1 is 1.00 bits per heavy atom. The molecule has 0 radical (unpaired) electrons. The van der Waals surface area contributed by atoms with Gasteiger partial charge in [0.2, 0.25) is 0 Å². The van der Waals surface area contributed by atoms with Gasteiger partial charge in [-0.2, -0.15) is 0 Å². The number of amides is 1. The summed E-state index contributed by atoms with van der Waals surface area (Å²) in [7, 11) is -3.70. The summed E-state index contributed by atoms with van der Waals surface area (Å²) in [6.07, 6.45) is 1.78. The van der Waals surface area contributed by atoms with Crippen molar-refractivity contribution in [3.05, 3.63) is 92.3 Å². The third-order valence-electron chi connectivity index (χ3n) is 4.78. The van der Waals surface area contributed by atoms with Crippen LogP contribution in [0.15, 0.2) is 75.4 Å². The number of fused-ring (bicyclic) bond motifs is 1. The fraction of sp³-hybridized carbons (Fsp3) is 0.0870. The Morgan fingerprint density at radius 3 is 2.35 bits per heavy atom. The van der Waals surface area contributed by atoms with Crippen molar-refractivity contribution in [2.45, 2.75) is 22.5 Å². The quantitative estimate of drug-likeness (QED) is 0.433. The third-order valence-corrected chi connectivity index (χ3v) is 8.21. The van der Waals surface area contributed by atoms with E-state index < -0.39 is 9.84 Å². The fourth-order valence-corrected chi connectivity index (χ4v) is 6.27. The van der Waals surface area contributed by atoms with E-state index in [1.54, 1.807) is 36.4 Å². The molecule has 0 spiro atoms. The van der Waals surface area contributed by atoms with Crippen molar-refractivity contribution < 1.29 is 13.2 Å². The van der Waals surface area contributed by atoms with E-state index in [0.717, 1.165) is 11.1 Å². The number of carbonyl (C=O) groups excluding carboxylic acids is 1. The highest BCUT2D eigenvalue weighted by molar-refractivity contribution is 8.04. The second-order valence-corrected chi connectivity index (χ2v) is 11.0. The van der Waals surface area contributed by atoms with Crippen molar-refractivity contribution in [1.82, 2.24) is 0 Å². The number of thioether (sulfide) groups is 1. The molecule has 0 saturated carbocycles. The molecule has 4 rings (SSSR count). The van der Waals surface area contributed by atoms with Gasteiger partial charge in [0.15, 0.2) is 9.84 Å². The molecule has 158 valence electrons. The van der Waals surface area contributed by atoms with Crippen LogP contribution in [0.4, 0.5) is 5.69 Å². The van der Waals surface area contributed by atoms with Gasteiger partial charge in [-0.15, -0.1) is 0 Å². The lowest BCUT2D eigenvalue weighted by Crippen LogP contribution is -2.17. The minimum Gasteiger partial charge on any atom is -0.320 e. The van der Waals surface area contributed by atoms with Crippen LogP contribution in [-0.2, 0) is 20.4 Å². The summed E-state index contributed by atoms with van der Waals surface area (Å²) in [4.78, 5) is 13.8. The van der Waals surface area contributed by atoms with E-state index in [-0.39, 0.29) is 16.6 Å². The molecule has 0 aromatic heterocycles. The van der Waals surface area contributed by atoms with Gasteiger partial charge < -0.3 is 5.32 Å². The Morgan fingerprint density at radius 2 is 1.68 bits per heavy atom. The summed E-state index contributed by atoms with van der Waals surface area (Å²) < 4.78 is 26.1. The zero-order valence-corrected chi connectivity index (χ0v) is 19.5. The fourth-order valence-electron chi connectivity index (χ4n) is 3.09. The molecule has 31 heavy (non-hydrogen) atoms. The first-order valence-corrected chi connectivity index (χ1v) is 12.5. The number of aryl methyl sites for hydroxylation is 1. The Kier molecular flexibility index (Phi) is 6.17. The predicted molar refractivity (Wildman–Crippen MR) is 127 cm³/mol. The van der Waals surface area contributed by atoms with Crippen LogP contribution >= 0.6 is 35.0 Å². The molecule has 8 heteroatoms. The highest BCUT2D eigenvalue weighted by atomic mass is 35.5.